The van der Waals surface area contributed by atoms with Gasteiger partial charge in [-0.15, -0.1) is 6.58 Å². The molecular formula is C26H40O2Si2. The van der Waals surface area contributed by atoms with E-state index in [4.69, 9.17) is 8.54 Å². The second-order valence-corrected chi connectivity index (χ2v) is 16.1. The van der Waals surface area contributed by atoms with Gasteiger partial charge in [-0.2, -0.15) is 0 Å². The van der Waals surface area contributed by atoms with Crippen molar-refractivity contribution in [2.24, 2.45) is 0 Å². The number of rotatable bonds is 14. The van der Waals surface area contributed by atoms with Crippen LogP contribution in [-0.4, -0.2) is 23.0 Å². The molecule has 0 amide bonds. The van der Waals surface area contributed by atoms with Gasteiger partial charge in [0.25, 0.3) is 0 Å². The molecule has 0 aromatic heterocycles. The molecule has 4 heteroatoms. The summed E-state index contributed by atoms with van der Waals surface area (Å²) in [6.07, 6.45) is 6.59. The van der Waals surface area contributed by atoms with E-state index in [1.54, 1.807) is 0 Å². The highest BCUT2D eigenvalue weighted by molar-refractivity contribution is 6.98. The van der Waals surface area contributed by atoms with Crippen LogP contribution in [-0.2, 0) is 8.54 Å². The average Bonchev–Trinajstić information content (AvgIpc) is 2.81. The van der Waals surface area contributed by atoms with Crippen molar-refractivity contribution < 1.29 is 8.54 Å². The van der Waals surface area contributed by atoms with Crippen LogP contribution in [0.3, 0.4) is 0 Å². The molecular weight excluding hydrogens is 400 g/mol. The molecule has 0 fully saturated rings. The summed E-state index contributed by atoms with van der Waals surface area (Å²) in [5.74, 6) is 0. The predicted octanol–water partition coefficient (Wildman–Crippen LogP) is 6.42. The minimum Gasteiger partial charge on any atom is -0.429 e. The monoisotopic (exact) mass is 440 g/mol. The molecule has 0 bridgehead atoms. The second kappa shape index (κ2) is 12.4. The lowest BCUT2D eigenvalue weighted by Gasteiger charge is -2.42. The van der Waals surface area contributed by atoms with Gasteiger partial charge in [0.05, 0.1) is 0 Å². The third-order valence-electron chi connectivity index (χ3n) is 6.24. The first-order valence-electron chi connectivity index (χ1n) is 11.7. The Morgan fingerprint density at radius 2 is 1.33 bits per heavy atom. The van der Waals surface area contributed by atoms with E-state index < -0.39 is 16.9 Å². The number of hydrogen-bond donors (Lipinski definition) is 0. The Labute approximate surface area is 186 Å². The fraction of sp³-hybridized carbons (Fsp3) is 0.462. The van der Waals surface area contributed by atoms with Gasteiger partial charge < -0.3 is 8.54 Å². The van der Waals surface area contributed by atoms with Crippen molar-refractivity contribution in [2.45, 2.75) is 77.6 Å². The van der Waals surface area contributed by atoms with E-state index in [0.717, 1.165) is 37.4 Å². The van der Waals surface area contributed by atoms with E-state index in [1.807, 2.05) is 6.08 Å². The average molecular weight is 441 g/mol. The van der Waals surface area contributed by atoms with Gasteiger partial charge in [0.2, 0.25) is 0 Å². The summed E-state index contributed by atoms with van der Waals surface area (Å²) in [7, 11) is -4.74. The zero-order chi connectivity index (χ0) is 21.9. The zero-order valence-electron chi connectivity index (χ0n) is 19.4. The quantitative estimate of drug-likeness (QED) is 0.192. The van der Waals surface area contributed by atoms with Gasteiger partial charge >= 0.3 is 8.56 Å². The van der Waals surface area contributed by atoms with Gasteiger partial charge in [0.1, 0.15) is 0 Å². The number of benzene rings is 2. The molecule has 1 unspecified atom stereocenters. The first-order valence-corrected chi connectivity index (χ1v) is 16.0. The Bertz CT molecular complexity index is 681. The van der Waals surface area contributed by atoms with Gasteiger partial charge in [0.15, 0.2) is 8.32 Å². The fourth-order valence-electron chi connectivity index (χ4n) is 4.09. The van der Waals surface area contributed by atoms with Crippen LogP contribution in [0, 0.1) is 0 Å². The first kappa shape index (κ1) is 24.8. The lowest BCUT2D eigenvalue weighted by molar-refractivity contribution is 0.168. The van der Waals surface area contributed by atoms with Crippen LogP contribution in [0.15, 0.2) is 73.3 Å². The van der Waals surface area contributed by atoms with Gasteiger partial charge in [-0.25, -0.2) is 0 Å². The van der Waals surface area contributed by atoms with Gasteiger partial charge in [-0.3, -0.25) is 0 Å². The number of unbranched alkanes of at least 4 members (excludes halogenated alkanes) is 2. The standard InChI is InChI=1S/C26H40O2Si2/c1-6-10-11-14-19-24(5)27-30(25-20-15-12-16-21-25,26-22-17-13-18-23-26)28-29(7-2,8-3)9-4/h6,12-13,15-18,20-24H,1,7-11,14,19H2,2-5H3. The second-order valence-electron chi connectivity index (χ2n) is 8.20. The van der Waals surface area contributed by atoms with Crippen molar-refractivity contribution in [2.75, 3.05) is 0 Å². The number of hydrogen-bond acceptors (Lipinski definition) is 2. The molecule has 164 valence electrons. The summed E-state index contributed by atoms with van der Waals surface area (Å²) in [5, 5.41) is 2.45. The smallest absolute Gasteiger partial charge is 0.397 e. The predicted molar refractivity (Wildman–Crippen MR) is 135 cm³/mol. The molecule has 0 heterocycles. The highest BCUT2D eigenvalue weighted by Crippen LogP contribution is 2.28. The lowest BCUT2D eigenvalue weighted by atomic mass is 10.1. The first-order chi connectivity index (χ1) is 14.6. The molecule has 2 aromatic rings. The van der Waals surface area contributed by atoms with E-state index in [0.29, 0.717) is 0 Å². The van der Waals surface area contributed by atoms with Crippen molar-refractivity contribution in [3.8, 4) is 0 Å². The van der Waals surface area contributed by atoms with Crippen LogP contribution >= 0.6 is 0 Å². The molecule has 0 saturated carbocycles. The van der Waals surface area contributed by atoms with E-state index in [1.165, 1.54) is 16.8 Å². The maximum Gasteiger partial charge on any atom is 0.397 e. The molecule has 0 aliphatic carbocycles. The molecule has 0 aliphatic heterocycles. The molecule has 1 atom stereocenters. The van der Waals surface area contributed by atoms with Crippen molar-refractivity contribution >= 4 is 27.3 Å². The Morgan fingerprint density at radius 3 is 1.77 bits per heavy atom. The molecule has 2 rings (SSSR count). The molecule has 0 N–H and O–H groups in total. The highest BCUT2D eigenvalue weighted by Gasteiger charge is 2.49. The largest absolute Gasteiger partial charge is 0.429 e. The van der Waals surface area contributed by atoms with Crippen molar-refractivity contribution in [1.29, 1.82) is 0 Å². The summed E-state index contributed by atoms with van der Waals surface area (Å²) in [6, 6.07) is 24.8. The molecule has 0 radical (unpaired) electrons. The maximum absolute atomic E-state index is 7.38. The van der Waals surface area contributed by atoms with E-state index in [2.05, 4.69) is 94.9 Å². The molecule has 2 aromatic carbocycles. The highest BCUT2D eigenvalue weighted by atomic mass is 28.4. The third-order valence-corrected chi connectivity index (χ3v) is 15.9. The molecule has 0 aliphatic rings. The van der Waals surface area contributed by atoms with Crippen LogP contribution in [0.25, 0.3) is 0 Å². The van der Waals surface area contributed by atoms with Crippen LogP contribution in [0.4, 0.5) is 0 Å². The van der Waals surface area contributed by atoms with Gasteiger partial charge in [0, 0.05) is 6.10 Å². The summed E-state index contributed by atoms with van der Waals surface area (Å²) in [5.41, 5.74) is 0. The SMILES string of the molecule is C=CCCCCC(C)O[Si](O[Si](CC)(CC)CC)(c1ccccc1)c1ccccc1. The van der Waals surface area contributed by atoms with E-state index >= 15 is 0 Å². The number of allylic oxidation sites excluding steroid dienone is 1. The van der Waals surface area contributed by atoms with Crippen LogP contribution in [0.2, 0.25) is 18.1 Å². The molecule has 0 saturated heterocycles. The zero-order valence-corrected chi connectivity index (χ0v) is 21.4. The summed E-state index contributed by atoms with van der Waals surface area (Å²) in [6.45, 7) is 13.0. The normalized spacial score (nSPS) is 13.2. The minimum absolute atomic E-state index is 0.152. The summed E-state index contributed by atoms with van der Waals surface area (Å²) < 4.78 is 14.5. The minimum atomic E-state index is -2.84. The molecule has 0 spiro atoms. The van der Waals surface area contributed by atoms with Crippen molar-refractivity contribution in [1.82, 2.24) is 0 Å². The maximum atomic E-state index is 7.38. The lowest BCUT2D eigenvalue weighted by Crippen LogP contribution is -2.68. The molecule has 2 nitrogen and oxygen atoms in total. The Balaban J connectivity index is 2.51. The van der Waals surface area contributed by atoms with Crippen molar-refractivity contribution in [3.05, 3.63) is 73.3 Å². The Morgan fingerprint density at radius 1 is 0.833 bits per heavy atom. The van der Waals surface area contributed by atoms with E-state index in [9.17, 15) is 0 Å². The summed E-state index contributed by atoms with van der Waals surface area (Å²) >= 11 is 0. The molecule has 30 heavy (non-hydrogen) atoms. The van der Waals surface area contributed by atoms with Crippen LogP contribution in [0.1, 0.15) is 53.4 Å². The van der Waals surface area contributed by atoms with Crippen molar-refractivity contribution in [3.63, 3.8) is 0 Å². The van der Waals surface area contributed by atoms with Crippen LogP contribution in [0.5, 0.6) is 0 Å². The van der Waals surface area contributed by atoms with E-state index in [-0.39, 0.29) is 6.10 Å². The van der Waals surface area contributed by atoms with Crippen LogP contribution < -0.4 is 10.4 Å². The summed E-state index contributed by atoms with van der Waals surface area (Å²) in [4.78, 5) is 0. The Kier molecular flexibility index (Phi) is 10.3. The Hall–Kier alpha value is -1.47. The van der Waals surface area contributed by atoms with Gasteiger partial charge in [-0.05, 0) is 54.7 Å². The third kappa shape index (κ3) is 6.27. The topological polar surface area (TPSA) is 18.5 Å². The fourth-order valence-corrected chi connectivity index (χ4v) is 13.5. The van der Waals surface area contributed by atoms with Gasteiger partial charge in [-0.1, -0.05) is 93.9 Å².